The van der Waals surface area contributed by atoms with Gasteiger partial charge in [-0.2, -0.15) is 0 Å². The van der Waals surface area contributed by atoms with Crippen molar-refractivity contribution in [3.8, 4) is 5.75 Å². The number of carbonyl (C=O) groups is 2. The van der Waals surface area contributed by atoms with Crippen molar-refractivity contribution >= 4 is 11.8 Å². The molecule has 6 heteroatoms. The lowest BCUT2D eigenvalue weighted by Gasteiger charge is -2.38. The number of nitrogens with zero attached hydrogens (tertiary/aromatic N) is 2. The second kappa shape index (κ2) is 11.4. The second-order valence-corrected chi connectivity index (χ2v) is 9.20. The third kappa shape index (κ3) is 5.59. The van der Waals surface area contributed by atoms with Gasteiger partial charge in [0.2, 0.25) is 5.91 Å². The average Bonchev–Trinajstić information content (AvgIpc) is 2.90. The molecule has 0 radical (unpaired) electrons. The van der Waals surface area contributed by atoms with Gasteiger partial charge in [-0.05, 0) is 59.4 Å². The molecule has 0 bridgehead atoms. The summed E-state index contributed by atoms with van der Waals surface area (Å²) in [6.07, 6.45) is 0.963. The van der Waals surface area contributed by atoms with Crippen LogP contribution in [-0.4, -0.2) is 41.3 Å². The van der Waals surface area contributed by atoms with Crippen molar-refractivity contribution in [2.75, 3.05) is 13.6 Å². The molecule has 0 aromatic heterocycles. The molecule has 0 saturated carbocycles. The Kier molecular flexibility index (Phi) is 8.04. The summed E-state index contributed by atoms with van der Waals surface area (Å²) in [6, 6.07) is 21.6. The summed E-state index contributed by atoms with van der Waals surface area (Å²) in [5.41, 5.74) is 3.78. The SMILES string of the molecule is CCC(=O)N1CCc2ccc(OC(CC)C(=O)N(C)Cc3ccccc3)cc2C1c1cccc(F)c1. The summed E-state index contributed by atoms with van der Waals surface area (Å²) in [6.45, 7) is 4.83. The zero-order valence-corrected chi connectivity index (χ0v) is 21.1. The third-order valence-corrected chi connectivity index (χ3v) is 6.70. The zero-order valence-electron chi connectivity index (χ0n) is 21.1. The molecule has 2 amide bonds. The Morgan fingerprint density at radius 3 is 2.53 bits per heavy atom. The van der Waals surface area contributed by atoms with Crippen LogP contribution in [0.4, 0.5) is 4.39 Å². The largest absolute Gasteiger partial charge is 0.481 e. The highest BCUT2D eigenvalue weighted by Gasteiger charge is 2.32. The number of rotatable bonds is 8. The molecule has 36 heavy (non-hydrogen) atoms. The normalized spacial score (nSPS) is 15.7. The van der Waals surface area contributed by atoms with Gasteiger partial charge in [0.15, 0.2) is 6.10 Å². The summed E-state index contributed by atoms with van der Waals surface area (Å²) in [4.78, 5) is 29.5. The maximum atomic E-state index is 14.2. The average molecular weight is 489 g/mol. The smallest absolute Gasteiger partial charge is 0.263 e. The second-order valence-electron chi connectivity index (χ2n) is 9.20. The molecule has 2 atom stereocenters. The van der Waals surface area contributed by atoms with Crippen molar-refractivity contribution in [2.24, 2.45) is 0 Å². The van der Waals surface area contributed by atoms with E-state index in [0.717, 1.165) is 22.3 Å². The Balaban J connectivity index is 1.61. The molecule has 0 saturated heterocycles. The van der Waals surface area contributed by atoms with Crippen LogP contribution in [0.3, 0.4) is 0 Å². The fraction of sp³-hybridized carbons (Fsp3) is 0.333. The van der Waals surface area contributed by atoms with Crippen molar-refractivity contribution in [1.82, 2.24) is 9.80 Å². The Bertz CT molecular complexity index is 1210. The third-order valence-electron chi connectivity index (χ3n) is 6.70. The highest BCUT2D eigenvalue weighted by atomic mass is 19.1. The van der Waals surface area contributed by atoms with Gasteiger partial charge in [0.1, 0.15) is 11.6 Å². The van der Waals surface area contributed by atoms with Gasteiger partial charge in [-0.25, -0.2) is 4.39 Å². The molecular formula is C30H33FN2O3. The first-order valence-corrected chi connectivity index (χ1v) is 12.5. The number of hydrogen-bond acceptors (Lipinski definition) is 3. The van der Waals surface area contributed by atoms with Crippen molar-refractivity contribution in [1.29, 1.82) is 0 Å². The molecular weight excluding hydrogens is 455 g/mol. The summed E-state index contributed by atoms with van der Waals surface area (Å²) >= 11 is 0. The van der Waals surface area contributed by atoms with Crippen molar-refractivity contribution < 1.29 is 18.7 Å². The number of benzene rings is 3. The van der Waals surface area contributed by atoms with Gasteiger partial charge in [0, 0.05) is 26.6 Å². The number of carbonyl (C=O) groups excluding carboxylic acids is 2. The molecule has 188 valence electrons. The predicted octanol–water partition coefficient (Wildman–Crippen LogP) is 5.53. The number of hydrogen-bond donors (Lipinski definition) is 0. The summed E-state index contributed by atoms with van der Waals surface area (Å²) in [7, 11) is 1.78. The fourth-order valence-electron chi connectivity index (χ4n) is 4.83. The number of halogens is 1. The minimum atomic E-state index is -0.638. The lowest BCUT2D eigenvalue weighted by Crippen LogP contribution is -2.40. The van der Waals surface area contributed by atoms with Gasteiger partial charge >= 0.3 is 0 Å². The molecule has 4 rings (SSSR count). The van der Waals surface area contributed by atoms with Crippen molar-refractivity contribution in [3.05, 3.63) is 101 Å². The topological polar surface area (TPSA) is 49.9 Å². The van der Waals surface area contributed by atoms with Crippen LogP contribution in [0.2, 0.25) is 0 Å². The molecule has 0 N–H and O–H groups in total. The first kappa shape index (κ1) is 25.4. The van der Waals surface area contributed by atoms with Gasteiger partial charge in [-0.1, -0.05) is 62.4 Å². The van der Waals surface area contributed by atoms with Crippen LogP contribution in [0.5, 0.6) is 5.75 Å². The van der Waals surface area contributed by atoms with Gasteiger partial charge < -0.3 is 14.5 Å². The molecule has 0 fully saturated rings. The Morgan fingerprint density at radius 2 is 1.83 bits per heavy atom. The maximum Gasteiger partial charge on any atom is 0.263 e. The van der Waals surface area contributed by atoms with E-state index in [0.29, 0.717) is 38.1 Å². The highest BCUT2D eigenvalue weighted by molar-refractivity contribution is 5.81. The van der Waals surface area contributed by atoms with Crippen LogP contribution in [0.1, 0.15) is 55.0 Å². The van der Waals surface area contributed by atoms with Crippen LogP contribution < -0.4 is 4.74 Å². The van der Waals surface area contributed by atoms with E-state index in [1.54, 1.807) is 18.0 Å². The maximum absolute atomic E-state index is 14.2. The van der Waals surface area contributed by atoms with E-state index in [9.17, 15) is 14.0 Å². The van der Waals surface area contributed by atoms with Crippen LogP contribution in [0.25, 0.3) is 0 Å². The van der Waals surface area contributed by atoms with Gasteiger partial charge in [-0.15, -0.1) is 0 Å². The highest BCUT2D eigenvalue weighted by Crippen LogP contribution is 2.38. The van der Waals surface area contributed by atoms with E-state index in [4.69, 9.17) is 4.74 Å². The van der Waals surface area contributed by atoms with Crippen LogP contribution in [-0.2, 0) is 22.6 Å². The van der Waals surface area contributed by atoms with Gasteiger partial charge in [0.05, 0.1) is 6.04 Å². The van der Waals surface area contributed by atoms with E-state index in [2.05, 4.69) is 0 Å². The molecule has 0 aliphatic carbocycles. The number of amides is 2. The Hall–Kier alpha value is -3.67. The fourth-order valence-corrected chi connectivity index (χ4v) is 4.83. The summed E-state index contributed by atoms with van der Waals surface area (Å²) in [5.74, 6) is 0.150. The van der Waals surface area contributed by atoms with E-state index >= 15 is 0 Å². The molecule has 1 heterocycles. The Labute approximate surface area is 212 Å². The van der Waals surface area contributed by atoms with E-state index in [1.807, 2.05) is 73.3 Å². The standard InChI is InChI=1S/C30H33FN2O3/c1-4-27(30(35)32(3)20-21-10-7-6-8-11-21)36-25-15-14-22-16-17-33(28(34)5-2)29(26(22)19-25)23-12-9-13-24(31)18-23/h6-15,18-19,27,29H,4-5,16-17,20H2,1-3H3. The first-order chi connectivity index (χ1) is 17.4. The number of ether oxygens (including phenoxy) is 1. The Morgan fingerprint density at radius 1 is 1.06 bits per heavy atom. The predicted molar refractivity (Wildman–Crippen MR) is 138 cm³/mol. The minimum absolute atomic E-state index is 0.0189. The minimum Gasteiger partial charge on any atom is -0.481 e. The number of fused-ring (bicyclic) bond motifs is 1. The quantitative estimate of drug-likeness (QED) is 0.419. The molecule has 1 aliphatic heterocycles. The lowest BCUT2D eigenvalue weighted by molar-refractivity contribution is -0.138. The molecule has 3 aromatic carbocycles. The van der Waals surface area contributed by atoms with Crippen molar-refractivity contribution in [3.63, 3.8) is 0 Å². The van der Waals surface area contributed by atoms with E-state index in [1.165, 1.54) is 12.1 Å². The molecule has 3 aromatic rings. The van der Waals surface area contributed by atoms with Gasteiger partial charge in [-0.3, -0.25) is 9.59 Å². The molecule has 0 spiro atoms. The summed E-state index contributed by atoms with van der Waals surface area (Å²) < 4.78 is 20.4. The molecule has 2 unspecified atom stereocenters. The van der Waals surface area contributed by atoms with Crippen LogP contribution in [0, 0.1) is 5.82 Å². The zero-order chi connectivity index (χ0) is 25.7. The van der Waals surface area contributed by atoms with Crippen LogP contribution in [0.15, 0.2) is 72.8 Å². The first-order valence-electron chi connectivity index (χ1n) is 12.5. The van der Waals surface area contributed by atoms with E-state index in [-0.39, 0.29) is 17.6 Å². The monoisotopic (exact) mass is 488 g/mol. The van der Waals surface area contributed by atoms with E-state index < -0.39 is 12.1 Å². The number of likely N-dealkylation sites (N-methyl/N-ethyl adjacent to an activating group) is 1. The summed E-state index contributed by atoms with van der Waals surface area (Å²) in [5, 5.41) is 0. The lowest BCUT2D eigenvalue weighted by atomic mass is 9.87. The van der Waals surface area contributed by atoms with Crippen molar-refractivity contribution in [2.45, 2.75) is 51.8 Å². The molecule has 5 nitrogen and oxygen atoms in total. The van der Waals surface area contributed by atoms with Gasteiger partial charge in [0.25, 0.3) is 5.91 Å². The van der Waals surface area contributed by atoms with Crippen LogP contribution >= 0.6 is 0 Å². The molecule has 1 aliphatic rings.